The highest BCUT2D eigenvalue weighted by atomic mass is 32.2. The number of amides is 1. The summed E-state index contributed by atoms with van der Waals surface area (Å²) >= 11 is 2.12. The van der Waals surface area contributed by atoms with Gasteiger partial charge in [0.15, 0.2) is 0 Å². The van der Waals surface area contributed by atoms with Crippen molar-refractivity contribution in [2.45, 2.75) is 26.8 Å². The molecular formula is C16H23N3O3S2. The minimum atomic E-state index is -0.255. The molecule has 0 aliphatic carbocycles. The average Bonchev–Trinajstić information content (AvgIpc) is 2.53. The van der Waals surface area contributed by atoms with Crippen LogP contribution in [-0.2, 0) is 16.1 Å². The van der Waals surface area contributed by atoms with Crippen LogP contribution in [0.1, 0.15) is 25.8 Å². The normalized spacial score (nSPS) is 10.5. The van der Waals surface area contributed by atoms with Crippen LogP contribution in [0.5, 0.6) is 0 Å². The highest BCUT2D eigenvalue weighted by Gasteiger charge is 2.18. The number of carbonyl (C=O) groups is 2. The van der Waals surface area contributed by atoms with E-state index in [1.54, 1.807) is 20.9 Å². The Labute approximate surface area is 151 Å². The molecular weight excluding hydrogens is 346 g/mol. The van der Waals surface area contributed by atoms with Crippen molar-refractivity contribution in [2.24, 2.45) is 0 Å². The first-order valence-corrected chi connectivity index (χ1v) is 9.10. The van der Waals surface area contributed by atoms with Crippen molar-refractivity contribution in [3.05, 3.63) is 35.9 Å². The summed E-state index contributed by atoms with van der Waals surface area (Å²) in [5.41, 5.74) is 1.09. The van der Waals surface area contributed by atoms with Crippen molar-refractivity contribution >= 4 is 40.1 Å². The fraction of sp³-hybridized carbons (Fsp3) is 0.438. The van der Waals surface area contributed by atoms with E-state index in [0.717, 1.165) is 17.3 Å². The highest BCUT2D eigenvalue weighted by Crippen LogP contribution is 2.22. The molecule has 0 fully saturated rings. The van der Waals surface area contributed by atoms with Gasteiger partial charge in [-0.05, 0) is 31.2 Å². The smallest absolute Gasteiger partial charge is 0.307 e. The zero-order chi connectivity index (χ0) is 17.9. The number of nitrogens with zero attached hydrogens (tertiary/aromatic N) is 2. The topological polar surface area (TPSA) is 73.7 Å². The SMILES string of the molecule is CCOC(=O)CCN(Cc1ccccc1)SN(C)C(=O)SC(C)=N. The third-order valence-electron chi connectivity index (χ3n) is 2.81. The van der Waals surface area contributed by atoms with E-state index in [9.17, 15) is 9.59 Å². The van der Waals surface area contributed by atoms with Crippen molar-refractivity contribution in [1.82, 2.24) is 8.61 Å². The second kappa shape index (κ2) is 11.1. The maximum Gasteiger partial charge on any atom is 0.307 e. The fourth-order valence-corrected chi connectivity index (χ4v) is 3.18. The van der Waals surface area contributed by atoms with Crippen LogP contribution in [0.15, 0.2) is 30.3 Å². The summed E-state index contributed by atoms with van der Waals surface area (Å²) in [6.07, 6.45) is 0.256. The maximum absolute atomic E-state index is 12.0. The van der Waals surface area contributed by atoms with Gasteiger partial charge in [-0.1, -0.05) is 30.3 Å². The number of hydrogen-bond donors (Lipinski definition) is 1. The molecule has 8 heteroatoms. The zero-order valence-corrected chi connectivity index (χ0v) is 15.8. The molecule has 0 aromatic heterocycles. The van der Waals surface area contributed by atoms with Gasteiger partial charge in [-0.2, -0.15) is 0 Å². The minimum absolute atomic E-state index is 0.221. The molecule has 1 aromatic carbocycles. The molecule has 1 N–H and O–H groups in total. The number of benzene rings is 1. The van der Waals surface area contributed by atoms with E-state index in [1.165, 1.54) is 16.4 Å². The standard InChI is InChI=1S/C16H23N3O3S2/c1-4-22-15(20)10-11-19(12-14-8-6-5-7-9-14)24-18(3)16(21)23-13(2)17/h5-9,17H,4,10-12H2,1-3H3. The summed E-state index contributed by atoms with van der Waals surface area (Å²) in [4.78, 5) is 23.6. The number of carbonyl (C=O) groups excluding carboxylic acids is 2. The molecule has 0 bridgehead atoms. The van der Waals surface area contributed by atoms with Gasteiger partial charge in [0.05, 0.1) is 18.1 Å². The summed E-state index contributed by atoms with van der Waals surface area (Å²) in [6, 6.07) is 9.84. The second-order valence-corrected chi connectivity index (χ2v) is 7.30. The molecule has 6 nitrogen and oxygen atoms in total. The van der Waals surface area contributed by atoms with Crippen LogP contribution in [-0.4, -0.2) is 45.1 Å². The summed E-state index contributed by atoms with van der Waals surface area (Å²) < 4.78 is 8.36. The van der Waals surface area contributed by atoms with E-state index in [1.807, 2.05) is 34.6 Å². The Morgan fingerprint density at radius 3 is 2.50 bits per heavy atom. The van der Waals surface area contributed by atoms with E-state index in [2.05, 4.69) is 0 Å². The molecule has 24 heavy (non-hydrogen) atoms. The fourth-order valence-electron chi connectivity index (χ4n) is 1.79. The van der Waals surface area contributed by atoms with Crippen molar-refractivity contribution in [3.63, 3.8) is 0 Å². The summed E-state index contributed by atoms with van der Waals surface area (Å²) in [5, 5.41) is 7.42. The van der Waals surface area contributed by atoms with E-state index < -0.39 is 0 Å². The Kier molecular flexibility index (Phi) is 9.51. The molecule has 0 aliphatic rings. The summed E-state index contributed by atoms with van der Waals surface area (Å²) in [6.45, 7) is 4.76. The molecule has 0 radical (unpaired) electrons. The molecule has 0 aliphatic heterocycles. The van der Waals surface area contributed by atoms with Gasteiger partial charge in [-0.15, -0.1) is 0 Å². The van der Waals surface area contributed by atoms with Crippen molar-refractivity contribution in [3.8, 4) is 0 Å². The van der Waals surface area contributed by atoms with Gasteiger partial charge >= 0.3 is 5.97 Å². The number of nitrogens with one attached hydrogen (secondary N) is 1. The Morgan fingerprint density at radius 1 is 1.25 bits per heavy atom. The lowest BCUT2D eigenvalue weighted by molar-refractivity contribution is -0.143. The largest absolute Gasteiger partial charge is 0.466 e. The van der Waals surface area contributed by atoms with Gasteiger partial charge < -0.3 is 4.74 Å². The average molecular weight is 370 g/mol. The van der Waals surface area contributed by atoms with E-state index in [0.29, 0.717) is 19.7 Å². The molecule has 0 saturated heterocycles. The van der Waals surface area contributed by atoms with Crippen LogP contribution in [0.25, 0.3) is 0 Å². The van der Waals surface area contributed by atoms with Gasteiger partial charge in [0.2, 0.25) is 0 Å². The highest BCUT2D eigenvalue weighted by molar-refractivity contribution is 8.26. The van der Waals surface area contributed by atoms with Gasteiger partial charge in [0, 0.05) is 32.3 Å². The molecule has 1 rings (SSSR count). The first kappa shape index (κ1) is 20.5. The lowest BCUT2D eigenvalue weighted by atomic mass is 10.2. The first-order valence-electron chi connectivity index (χ1n) is 7.55. The van der Waals surface area contributed by atoms with Crippen molar-refractivity contribution in [1.29, 1.82) is 5.41 Å². The lowest BCUT2D eigenvalue weighted by Crippen LogP contribution is -2.27. The molecule has 0 atom stereocenters. The number of thioether (sulfide) groups is 1. The van der Waals surface area contributed by atoms with Gasteiger partial charge in [0.1, 0.15) is 0 Å². The van der Waals surface area contributed by atoms with Crippen LogP contribution in [0, 0.1) is 5.41 Å². The number of esters is 1. The Bertz CT molecular complexity index is 555. The molecule has 0 spiro atoms. The molecule has 1 aromatic rings. The van der Waals surface area contributed by atoms with Crippen LogP contribution >= 0.6 is 23.9 Å². The monoisotopic (exact) mass is 369 g/mol. The molecule has 0 heterocycles. The number of hydrogen-bond acceptors (Lipinski definition) is 7. The first-order chi connectivity index (χ1) is 11.4. The predicted molar refractivity (Wildman–Crippen MR) is 99.8 cm³/mol. The van der Waals surface area contributed by atoms with Gasteiger partial charge in [-0.25, -0.2) is 4.31 Å². The van der Waals surface area contributed by atoms with Crippen LogP contribution in [0.2, 0.25) is 0 Å². The molecule has 0 saturated carbocycles. The van der Waals surface area contributed by atoms with Crippen molar-refractivity contribution in [2.75, 3.05) is 20.2 Å². The molecule has 0 unspecified atom stereocenters. The molecule has 1 amide bonds. The van der Waals surface area contributed by atoms with E-state index in [4.69, 9.17) is 10.1 Å². The predicted octanol–water partition coefficient (Wildman–Crippen LogP) is 3.79. The minimum Gasteiger partial charge on any atom is -0.466 e. The Balaban J connectivity index is 2.67. The second-order valence-electron chi connectivity index (χ2n) is 4.91. The number of ether oxygens (including phenoxy) is 1. The van der Waals surface area contributed by atoms with Crippen molar-refractivity contribution < 1.29 is 14.3 Å². The third-order valence-corrected chi connectivity index (χ3v) is 4.63. The Morgan fingerprint density at radius 2 is 1.92 bits per heavy atom. The van der Waals surface area contributed by atoms with E-state index >= 15 is 0 Å². The van der Waals surface area contributed by atoms with Gasteiger partial charge in [0.25, 0.3) is 5.24 Å². The third kappa shape index (κ3) is 8.37. The lowest BCUT2D eigenvalue weighted by Gasteiger charge is -2.25. The number of rotatable bonds is 8. The quantitative estimate of drug-likeness (QED) is 0.325. The maximum atomic E-state index is 12.0. The summed E-state index contributed by atoms with van der Waals surface area (Å²) in [7, 11) is 1.66. The molecule has 132 valence electrons. The van der Waals surface area contributed by atoms with E-state index in [-0.39, 0.29) is 22.7 Å². The van der Waals surface area contributed by atoms with Crippen LogP contribution < -0.4 is 0 Å². The zero-order valence-electron chi connectivity index (χ0n) is 14.2. The van der Waals surface area contributed by atoms with Crippen LogP contribution in [0.4, 0.5) is 4.79 Å². The Hall–Kier alpha value is -1.51. The van der Waals surface area contributed by atoms with Gasteiger partial charge in [-0.3, -0.25) is 19.3 Å². The van der Waals surface area contributed by atoms with Crippen LogP contribution in [0.3, 0.4) is 0 Å². The summed E-state index contributed by atoms with van der Waals surface area (Å²) in [5.74, 6) is -0.255.